The summed E-state index contributed by atoms with van der Waals surface area (Å²) in [6, 6.07) is -2.92. The third-order valence-corrected chi connectivity index (χ3v) is 11.1. The summed E-state index contributed by atoms with van der Waals surface area (Å²) in [6.45, 7) is 12.1. The quantitative estimate of drug-likeness (QED) is 0.338. The van der Waals surface area contributed by atoms with Gasteiger partial charge in [-0.1, -0.05) is 53.9 Å². The Kier molecular flexibility index (Phi) is 7.87. The van der Waals surface area contributed by atoms with Crippen molar-refractivity contribution in [1.29, 1.82) is 0 Å². The van der Waals surface area contributed by atoms with E-state index in [2.05, 4.69) is 24.5 Å². The topological polar surface area (TPSA) is 166 Å². The van der Waals surface area contributed by atoms with Crippen LogP contribution in [0.5, 0.6) is 0 Å². The van der Waals surface area contributed by atoms with E-state index in [1.807, 2.05) is 20.8 Å². The number of rotatable bonds is 9. The van der Waals surface area contributed by atoms with E-state index in [-0.39, 0.29) is 28.3 Å². The van der Waals surface area contributed by atoms with Crippen LogP contribution in [0.2, 0.25) is 0 Å². The van der Waals surface area contributed by atoms with E-state index < -0.39 is 53.1 Å². The second-order valence-corrected chi connectivity index (χ2v) is 14.6. The Bertz CT molecular complexity index is 1130. The molecule has 0 aromatic heterocycles. The van der Waals surface area contributed by atoms with Crippen LogP contribution in [0.25, 0.3) is 0 Å². The average molecular weight is 591 g/mol. The van der Waals surface area contributed by atoms with Crippen molar-refractivity contribution < 1.29 is 38.2 Å². The van der Waals surface area contributed by atoms with Gasteiger partial charge >= 0.3 is 6.09 Å². The van der Waals surface area contributed by atoms with Gasteiger partial charge in [0.2, 0.25) is 17.6 Å². The Labute approximate surface area is 247 Å². The molecule has 12 heteroatoms. The van der Waals surface area contributed by atoms with Gasteiger partial charge in [-0.05, 0) is 29.6 Å². The number of ketones is 1. The summed E-state index contributed by atoms with van der Waals surface area (Å²) >= 11 is 0. The summed E-state index contributed by atoms with van der Waals surface area (Å²) in [5, 5.41) is 5.58. The number of Topliss-reactive ketones (excluding diaryl/α,β-unsaturated/α-hetero) is 1. The van der Waals surface area contributed by atoms with Crippen LogP contribution in [0.4, 0.5) is 4.79 Å². The Morgan fingerprint density at radius 2 is 1.71 bits per heavy atom. The molecular formula is C30H46N4O8. The zero-order chi connectivity index (χ0) is 30.7. The lowest BCUT2D eigenvalue weighted by Gasteiger charge is -2.36. The lowest BCUT2D eigenvalue weighted by atomic mass is 9.80. The van der Waals surface area contributed by atoms with E-state index in [9.17, 15) is 24.0 Å². The van der Waals surface area contributed by atoms with E-state index in [0.717, 1.165) is 19.3 Å². The van der Waals surface area contributed by atoms with Crippen molar-refractivity contribution >= 4 is 29.6 Å². The maximum absolute atomic E-state index is 14.4. The fourth-order valence-corrected chi connectivity index (χ4v) is 7.83. The SMILES string of the molecule is CC(C)(C)[C@H](NC(=O)OC1CCOC1)C(=O)N1CC2(C[C@H]1C(=O)NC(CC1CCC1)C(=O)C(N)=O)C(C)(C)C21COC1. The predicted molar refractivity (Wildman–Crippen MR) is 150 cm³/mol. The third kappa shape index (κ3) is 4.98. The highest BCUT2D eigenvalue weighted by molar-refractivity contribution is 6.37. The number of carbonyl (C=O) groups excluding carboxylic acids is 5. The second-order valence-electron chi connectivity index (χ2n) is 14.6. The molecule has 0 radical (unpaired) electrons. The van der Waals surface area contributed by atoms with Crippen LogP contribution in [0.1, 0.15) is 73.1 Å². The van der Waals surface area contributed by atoms with Crippen LogP contribution in [0.15, 0.2) is 0 Å². The van der Waals surface area contributed by atoms with Crippen LogP contribution < -0.4 is 16.4 Å². The lowest BCUT2D eigenvalue weighted by molar-refractivity contribution is -0.143. The number of amides is 4. The average Bonchev–Trinajstić information content (AvgIpc) is 3.30. The smallest absolute Gasteiger partial charge is 0.408 e. The number of nitrogens with two attached hydrogens (primary N) is 1. The fourth-order valence-electron chi connectivity index (χ4n) is 7.83. The monoisotopic (exact) mass is 590 g/mol. The second kappa shape index (κ2) is 10.8. The van der Waals surface area contributed by atoms with Crippen molar-refractivity contribution in [3.8, 4) is 0 Å². The minimum Gasteiger partial charge on any atom is -0.444 e. The van der Waals surface area contributed by atoms with Gasteiger partial charge in [0.25, 0.3) is 5.91 Å². The van der Waals surface area contributed by atoms with Crippen LogP contribution in [0, 0.1) is 27.6 Å². The number of likely N-dealkylation sites (tertiary alicyclic amines) is 1. The molecule has 5 rings (SSSR count). The maximum Gasteiger partial charge on any atom is 0.408 e. The van der Waals surface area contributed by atoms with Crippen molar-refractivity contribution in [3.63, 3.8) is 0 Å². The molecule has 0 bridgehead atoms. The minimum absolute atomic E-state index is 0.159. The van der Waals surface area contributed by atoms with Gasteiger partial charge in [0, 0.05) is 23.8 Å². The first-order valence-corrected chi connectivity index (χ1v) is 15.2. The molecule has 4 N–H and O–H groups in total. The summed E-state index contributed by atoms with van der Waals surface area (Å²) < 4.78 is 16.4. The van der Waals surface area contributed by atoms with Crippen molar-refractivity contribution in [2.75, 3.05) is 33.0 Å². The van der Waals surface area contributed by atoms with Crippen LogP contribution in [0.3, 0.4) is 0 Å². The molecule has 12 nitrogen and oxygen atoms in total. The van der Waals surface area contributed by atoms with Gasteiger partial charge < -0.3 is 35.5 Å². The molecule has 0 aromatic rings. The Morgan fingerprint density at radius 1 is 1.02 bits per heavy atom. The molecule has 3 aliphatic heterocycles. The van der Waals surface area contributed by atoms with Gasteiger partial charge in [-0.2, -0.15) is 0 Å². The van der Waals surface area contributed by atoms with Gasteiger partial charge in [0.15, 0.2) is 0 Å². The highest BCUT2D eigenvalue weighted by Gasteiger charge is 2.86. The van der Waals surface area contributed by atoms with Gasteiger partial charge in [-0.3, -0.25) is 19.2 Å². The molecule has 3 unspecified atom stereocenters. The molecule has 3 heterocycles. The molecule has 5 aliphatic rings. The number of ether oxygens (including phenoxy) is 3. The normalized spacial score (nSPS) is 30.6. The number of nitrogens with one attached hydrogen (secondary N) is 2. The predicted octanol–water partition coefficient (Wildman–Crippen LogP) is 1.29. The first-order chi connectivity index (χ1) is 19.6. The molecule has 42 heavy (non-hydrogen) atoms. The fraction of sp³-hybridized carbons (Fsp3) is 0.833. The summed E-state index contributed by atoms with van der Waals surface area (Å²) in [7, 11) is 0. The molecule has 3 saturated heterocycles. The molecule has 2 spiro atoms. The third-order valence-electron chi connectivity index (χ3n) is 11.1. The van der Waals surface area contributed by atoms with Crippen molar-refractivity contribution in [2.45, 2.75) is 97.4 Å². The zero-order valence-corrected chi connectivity index (χ0v) is 25.5. The van der Waals surface area contributed by atoms with Crippen LogP contribution in [-0.2, 0) is 33.4 Å². The van der Waals surface area contributed by atoms with Crippen LogP contribution in [-0.4, -0.2) is 91.7 Å². The molecule has 0 aromatic carbocycles. The Balaban J connectivity index is 1.40. The molecule has 5 atom stereocenters. The molecule has 2 aliphatic carbocycles. The number of alkyl carbamates (subject to hydrolysis) is 1. The van der Waals surface area contributed by atoms with Gasteiger partial charge in [-0.25, -0.2) is 4.79 Å². The molecule has 5 fully saturated rings. The van der Waals surface area contributed by atoms with Crippen LogP contribution >= 0.6 is 0 Å². The molecular weight excluding hydrogens is 544 g/mol. The number of primary amides is 1. The van der Waals surface area contributed by atoms with Gasteiger partial charge in [0.05, 0.1) is 32.5 Å². The number of fused-ring (bicyclic) bond motifs is 1. The van der Waals surface area contributed by atoms with Crippen molar-refractivity contribution in [1.82, 2.24) is 15.5 Å². The first-order valence-electron chi connectivity index (χ1n) is 15.2. The maximum atomic E-state index is 14.4. The largest absolute Gasteiger partial charge is 0.444 e. The number of nitrogens with zero attached hydrogens (tertiary/aromatic N) is 1. The van der Waals surface area contributed by atoms with E-state index >= 15 is 0 Å². The van der Waals surface area contributed by atoms with E-state index in [4.69, 9.17) is 19.9 Å². The molecule has 2 saturated carbocycles. The molecule has 4 amide bonds. The Hall–Kier alpha value is -2.73. The number of hydrogen-bond acceptors (Lipinski definition) is 8. The summed E-state index contributed by atoms with van der Waals surface area (Å²) in [5.74, 6) is -2.57. The Morgan fingerprint density at radius 3 is 2.19 bits per heavy atom. The first kappa shape index (κ1) is 30.7. The van der Waals surface area contributed by atoms with Crippen molar-refractivity contribution in [3.05, 3.63) is 0 Å². The summed E-state index contributed by atoms with van der Waals surface area (Å²) in [5.41, 5.74) is 3.93. The molecule has 234 valence electrons. The number of carbonyl (C=O) groups is 5. The highest BCUT2D eigenvalue weighted by atomic mass is 16.6. The minimum atomic E-state index is -1.09. The zero-order valence-electron chi connectivity index (χ0n) is 25.5. The standard InChI is InChI=1S/C30H46N4O8/c1-27(2,3)22(33-26(39)42-18-9-10-40-13-18)25(38)34-14-29(28(4,5)30(29)15-41-16-30)12-20(34)24(37)32-19(21(35)23(31)36)11-17-7-6-8-17/h17-20,22H,6-16H2,1-5H3,(H2,31,36)(H,32,37)(H,33,39)/t18?,19?,20-,22+,29?/m0/s1. The van der Waals surface area contributed by atoms with E-state index in [1.165, 1.54) is 0 Å². The number of hydrogen-bond donors (Lipinski definition) is 3. The van der Waals surface area contributed by atoms with Crippen molar-refractivity contribution in [2.24, 2.45) is 33.3 Å². The summed E-state index contributed by atoms with van der Waals surface area (Å²) in [4.78, 5) is 67.4. The summed E-state index contributed by atoms with van der Waals surface area (Å²) in [6.07, 6.45) is 3.12. The lowest BCUT2D eigenvalue weighted by Crippen LogP contribution is -2.59. The van der Waals surface area contributed by atoms with E-state index in [1.54, 1.807) is 4.90 Å². The van der Waals surface area contributed by atoms with Gasteiger partial charge in [0.1, 0.15) is 18.2 Å². The highest BCUT2D eigenvalue weighted by Crippen LogP contribution is 2.84. The van der Waals surface area contributed by atoms with E-state index in [0.29, 0.717) is 52.2 Å². The van der Waals surface area contributed by atoms with Gasteiger partial charge in [-0.15, -0.1) is 0 Å².